The summed E-state index contributed by atoms with van der Waals surface area (Å²) < 4.78 is 0. The molecule has 1 atom stereocenters. The van der Waals surface area contributed by atoms with Crippen molar-refractivity contribution in [3.63, 3.8) is 0 Å². The van der Waals surface area contributed by atoms with Gasteiger partial charge in [0.25, 0.3) is 0 Å². The van der Waals surface area contributed by atoms with Crippen LogP contribution in [0.4, 0.5) is 0 Å². The monoisotopic (exact) mass is 201 g/mol. The standard InChI is InChI=1S/C14H19N/c1-14(2)9-10-5-3-4-6-12(10)13(14)15-11-7-8-11/h3-6,11,13,15H,7-9H2,1-2H3. The highest BCUT2D eigenvalue weighted by Gasteiger charge is 2.40. The minimum Gasteiger partial charge on any atom is -0.307 e. The molecule has 1 saturated carbocycles. The van der Waals surface area contributed by atoms with Gasteiger partial charge in [0.15, 0.2) is 0 Å². The van der Waals surface area contributed by atoms with Gasteiger partial charge in [0.1, 0.15) is 0 Å². The van der Waals surface area contributed by atoms with Gasteiger partial charge in [-0.15, -0.1) is 0 Å². The molecule has 1 fully saturated rings. The van der Waals surface area contributed by atoms with Crippen LogP contribution in [0.2, 0.25) is 0 Å². The van der Waals surface area contributed by atoms with Gasteiger partial charge in [0.2, 0.25) is 0 Å². The molecule has 3 rings (SSSR count). The molecule has 1 aromatic rings. The van der Waals surface area contributed by atoms with Crippen LogP contribution in [-0.2, 0) is 6.42 Å². The Labute approximate surface area is 91.9 Å². The second kappa shape index (κ2) is 3.08. The lowest BCUT2D eigenvalue weighted by molar-refractivity contribution is 0.267. The molecular formula is C14H19N. The van der Waals surface area contributed by atoms with Crippen LogP contribution in [-0.4, -0.2) is 6.04 Å². The predicted octanol–water partition coefficient (Wildman–Crippen LogP) is 3.06. The normalized spacial score (nSPS) is 27.7. The van der Waals surface area contributed by atoms with Gasteiger partial charge in [-0.05, 0) is 35.8 Å². The highest BCUT2D eigenvalue weighted by atomic mass is 15.0. The van der Waals surface area contributed by atoms with E-state index in [-0.39, 0.29) is 0 Å². The van der Waals surface area contributed by atoms with Gasteiger partial charge in [0.05, 0.1) is 0 Å². The summed E-state index contributed by atoms with van der Waals surface area (Å²) in [4.78, 5) is 0. The molecule has 0 aliphatic heterocycles. The first kappa shape index (κ1) is 9.41. The van der Waals surface area contributed by atoms with Crippen molar-refractivity contribution in [1.29, 1.82) is 0 Å². The lowest BCUT2D eigenvalue weighted by Gasteiger charge is -2.28. The predicted molar refractivity (Wildman–Crippen MR) is 62.8 cm³/mol. The molecule has 0 aromatic heterocycles. The number of hydrogen-bond acceptors (Lipinski definition) is 1. The Balaban J connectivity index is 1.95. The number of fused-ring (bicyclic) bond motifs is 1. The third-order valence-electron chi connectivity index (χ3n) is 3.77. The SMILES string of the molecule is CC1(C)Cc2ccccc2C1NC1CC1. The number of rotatable bonds is 2. The van der Waals surface area contributed by atoms with Crippen molar-refractivity contribution in [1.82, 2.24) is 5.32 Å². The quantitative estimate of drug-likeness (QED) is 0.775. The average molecular weight is 201 g/mol. The van der Waals surface area contributed by atoms with Gasteiger partial charge in [-0.25, -0.2) is 0 Å². The van der Waals surface area contributed by atoms with Crippen molar-refractivity contribution in [3.8, 4) is 0 Å². The van der Waals surface area contributed by atoms with Crippen LogP contribution in [0.5, 0.6) is 0 Å². The molecule has 1 aromatic carbocycles. The molecule has 0 heterocycles. The second-order valence-electron chi connectivity index (χ2n) is 5.74. The fraction of sp³-hybridized carbons (Fsp3) is 0.571. The zero-order valence-electron chi connectivity index (χ0n) is 9.59. The van der Waals surface area contributed by atoms with E-state index in [2.05, 4.69) is 43.4 Å². The van der Waals surface area contributed by atoms with Crippen LogP contribution < -0.4 is 5.32 Å². The summed E-state index contributed by atoms with van der Waals surface area (Å²) in [6, 6.07) is 10.3. The van der Waals surface area contributed by atoms with Gasteiger partial charge in [-0.1, -0.05) is 38.1 Å². The highest BCUT2D eigenvalue weighted by Crippen LogP contribution is 2.46. The first-order chi connectivity index (χ1) is 7.17. The molecular weight excluding hydrogens is 182 g/mol. The van der Waals surface area contributed by atoms with Crippen LogP contribution in [0.25, 0.3) is 0 Å². The first-order valence-corrected chi connectivity index (χ1v) is 6.01. The van der Waals surface area contributed by atoms with E-state index in [9.17, 15) is 0 Å². The summed E-state index contributed by atoms with van der Waals surface area (Å²) in [6.07, 6.45) is 3.96. The Morgan fingerprint density at radius 3 is 2.67 bits per heavy atom. The molecule has 1 unspecified atom stereocenters. The van der Waals surface area contributed by atoms with E-state index in [1.54, 1.807) is 5.56 Å². The number of hydrogen-bond donors (Lipinski definition) is 1. The molecule has 15 heavy (non-hydrogen) atoms. The van der Waals surface area contributed by atoms with Gasteiger partial charge in [-0.3, -0.25) is 0 Å². The van der Waals surface area contributed by atoms with E-state index in [1.807, 2.05) is 0 Å². The molecule has 0 spiro atoms. The maximum atomic E-state index is 3.80. The number of benzene rings is 1. The van der Waals surface area contributed by atoms with Crippen molar-refractivity contribution < 1.29 is 0 Å². The molecule has 2 aliphatic carbocycles. The summed E-state index contributed by atoms with van der Waals surface area (Å²) in [6.45, 7) is 4.76. The van der Waals surface area contributed by atoms with Crippen molar-refractivity contribution >= 4 is 0 Å². The summed E-state index contributed by atoms with van der Waals surface area (Å²) in [5, 5.41) is 3.80. The first-order valence-electron chi connectivity index (χ1n) is 6.01. The lowest BCUT2D eigenvalue weighted by Crippen LogP contribution is -2.32. The zero-order valence-corrected chi connectivity index (χ0v) is 9.59. The lowest BCUT2D eigenvalue weighted by atomic mass is 9.85. The molecule has 1 N–H and O–H groups in total. The van der Waals surface area contributed by atoms with Gasteiger partial charge in [0, 0.05) is 12.1 Å². The van der Waals surface area contributed by atoms with E-state index < -0.39 is 0 Å². The molecule has 1 nitrogen and oxygen atoms in total. The van der Waals surface area contributed by atoms with Crippen LogP contribution in [0.3, 0.4) is 0 Å². The van der Waals surface area contributed by atoms with Crippen molar-refractivity contribution in [3.05, 3.63) is 35.4 Å². The Hall–Kier alpha value is -0.820. The molecule has 0 amide bonds. The van der Waals surface area contributed by atoms with Gasteiger partial charge >= 0.3 is 0 Å². The Bertz CT molecular complexity index is 377. The van der Waals surface area contributed by atoms with Crippen molar-refractivity contribution in [2.45, 2.75) is 45.2 Å². The smallest absolute Gasteiger partial charge is 0.0379 e. The summed E-state index contributed by atoms with van der Waals surface area (Å²) in [5.41, 5.74) is 3.46. The summed E-state index contributed by atoms with van der Waals surface area (Å²) in [5.74, 6) is 0. The molecule has 80 valence electrons. The Morgan fingerprint density at radius 1 is 1.20 bits per heavy atom. The second-order valence-corrected chi connectivity index (χ2v) is 5.74. The minimum absolute atomic E-state index is 0.381. The van der Waals surface area contributed by atoms with Gasteiger partial charge in [-0.2, -0.15) is 0 Å². The third kappa shape index (κ3) is 1.59. The van der Waals surface area contributed by atoms with E-state index in [0.717, 1.165) is 6.04 Å². The molecule has 1 heteroatoms. The van der Waals surface area contributed by atoms with Crippen molar-refractivity contribution in [2.24, 2.45) is 5.41 Å². The number of nitrogens with one attached hydrogen (secondary N) is 1. The Kier molecular flexibility index (Phi) is 1.93. The summed E-state index contributed by atoms with van der Waals surface area (Å²) >= 11 is 0. The van der Waals surface area contributed by atoms with Crippen LogP contribution in [0.1, 0.15) is 43.9 Å². The topological polar surface area (TPSA) is 12.0 Å². The molecule has 0 bridgehead atoms. The maximum Gasteiger partial charge on any atom is 0.0379 e. The van der Waals surface area contributed by atoms with E-state index in [1.165, 1.54) is 24.8 Å². The fourth-order valence-electron chi connectivity index (χ4n) is 2.79. The maximum absolute atomic E-state index is 3.80. The molecule has 0 saturated heterocycles. The van der Waals surface area contributed by atoms with Crippen LogP contribution >= 0.6 is 0 Å². The van der Waals surface area contributed by atoms with E-state index in [0.29, 0.717) is 11.5 Å². The van der Waals surface area contributed by atoms with Crippen molar-refractivity contribution in [2.75, 3.05) is 0 Å². The van der Waals surface area contributed by atoms with E-state index >= 15 is 0 Å². The third-order valence-corrected chi connectivity index (χ3v) is 3.77. The van der Waals surface area contributed by atoms with E-state index in [4.69, 9.17) is 0 Å². The fourth-order valence-corrected chi connectivity index (χ4v) is 2.79. The van der Waals surface area contributed by atoms with Crippen LogP contribution in [0.15, 0.2) is 24.3 Å². The summed E-state index contributed by atoms with van der Waals surface area (Å²) in [7, 11) is 0. The largest absolute Gasteiger partial charge is 0.307 e. The zero-order chi connectivity index (χ0) is 10.5. The van der Waals surface area contributed by atoms with Crippen LogP contribution in [0, 0.1) is 5.41 Å². The molecule has 0 radical (unpaired) electrons. The minimum atomic E-state index is 0.381. The molecule has 2 aliphatic rings. The van der Waals surface area contributed by atoms with Gasteiger partial charge < -0.3 is 5.32 Å². The average Bonchev–Trinajstić information content (AvgIpc) is 2.94. The Morgan fingerprint density at radius 2 is 1.93 bits per heavy atom. The highest BCUT2D eigenvalue weighted by molar-refractivity contribution is 5.37.